The molecular formula is C20H19BrF2N2O4S. The van der Waals surface area contributed by atoms with Gasteiger partial charge < -0.3 is 10.1 Å². The number of hydrogen-bond donors (Lipinski definition) is 1. The van der Waals surface area contributed by atoms with Crippen LogP contribution in [0, 0.1) is 11.6 Å². The third-order valence-corrected chi connectivity index (χ3v) is 6.42. The van der Waals surface area contributed by atoms with Crippen LogP contribution in [0.2, 0.25) is 0 Å². The van der Waals surface area contributed by atoms with E-state index in [2.05, 4.69) is 21.2 Å². The number of carbonyl (C=O) groups excluding carboxylic acids is 1. The summed E-state index contributed by atoms with van der Waals surface area (Å²) in [5.74, 6) is -2.33. The van der Waals surface area contributed by atoms with Gasteiger partial charge in [0.1, 0.15) is 5.60 Å². The van der Waals surface area contributed by atoms with Crippen LogP contribution in [-0.2, 0) is 21.3 Å². The van der Waals surface area contributed by atoms with Crippen molar-refractivity contribution in [2.24, 2.45) is 0 Å². The maximum absolute atomic E-state index is 14.5. The average molecular weight is 501 g/mol. The summed E-state index contributed by atoms with van der Waals surface area (Å²) in [5, 5.41) is 2.23. The smallest absolute Gasteiger partial charge is 0.407 e. The number of amides is 1. The van der Waals surface area contributed by atoms with Gasteiger partial charge in [-0.1, -0.05) is 18.2 Å². The molecule has 1 heterocycles. The first-order valence-electron chi connectivity index (χ1n) is 8.87. The molecule has 0 aliphatic heterocycles. The number of carbonyl (C=O) groups is 1. The number of rotatable bonds is 4. The number of benzene rings is 2. The molecule has 0 saturated carbocycles. The standard InChI is InChI=1S/C20H19BrF2N2O4S/c1-20(2,3)29-19(26)24-11-12-9-14-16(10-15(21)18(23)17(14)22)25(12)30(27,28)13-7-5-4-6-8-13/h4-10H,11H2,1-3H3,(H,24,26). The van der Waals surface area contributed by atoms with Crippen LogP contribution in [0.15, 0.2) is 51.8 Å². The van der Waals surface area contributed by atoms with Gasteiger partial charge in [0.2, 0.25) is 0 Å². The number of aromatic nitrogens is 1. The Labute approximate surface area is 181 Å². The first-order valence-corrected chi connectivity index (χ1v) is 11.1. The van der Waals surface area contributed by atoms with Crippen LogP contribution in [0.4, 0.5) is 13.6 Å². The van der Waals surface area contributed by atoms with Crippen molar-refractivity contribution in [1.82, 2.24) is 9.29 Å². The molecule has 3 aromatic rings. The van der Waals surface area contributed by atoms with Gasteiger partial charge in [-0.15, -0.1) is 0 Å². The van der Waals surface area contributed by atoms with Gasteiger partial charge in [0, 0.05) is 5.39 Å². The molecule has 10 heteroatoms. The molecule has 0 aliphatic carbocycles. The van der Waals surface area contributed by atoms with E-state index in [4.69, 9.17) is 4.74 Å². The van der Waals surface area contributed by atoms with E-state index in [9.17, 15) is 22.0 Å². The number of hydrogen-bond acceptors (Lipinski definition) is 4. The zero-order valence-electron chi connectivity index (χ0n) is 16.4. The molecule has 0 spiro atoms. The number of nitrogens with zero attached hydrogens (tertiary/aromatic N) is 1. The Morgan fingerprint density at radius 3 is 2.37 bits per heavy atom. The van der Waals surface area contributed by atoms with Crippen molar-refractivity contribution in [1.29, 1.82) is 0 Å². The van der Waals surface area contributed by atoms with Gasteiger partial charge >= 0.3 is 6.09 Å². The van der Waals surface area contributed by atoms with E-state index in [1.54, 1.807) is 39.0 Å². The molecule has 6 nitrogen and oxygen atoms in total. The van der Waals surface area contributed by atoms with Crippen molar-refractivity contribution in [3.63, 3.8) is 0 Å². The predicted molar refractivity (Wildman–Crippen MR) is 112 cm³/mol. The maximum atomic E-state index is 14.5. The van der Waals surface area contributed by atoms with Gasteiger partial charge in [-0.05, 0) is 61.0 Å². The van der Waals surface area contributed by atoms with Gasteiger partial charge in [0.15, 0.2) is 11.6 Å². The molecule has 0 bridgehead atoms. The Bertz CT molecular complexity index is 1220. The van der Waals surface area contributed by atoms with Gasteiger partial charge in [0.05, 0.1) is 27.1 Å². The van der Waals surface area contributed by atoms with E-state index >= 15 is 0 Å². The quantitative estimate of drug-likeness (QED) is 0.514. The summed E-state index contributed by atoms with van der Waals surface area (Å²) in [6.07, 6.45) is -0.774. The molecule has 0 saturated heterocycles. The van der Waals surface area contributed by atoms with E-state index in [0.29, 0.717) is 0 Å². The number of alkyl carbamates (subject to hydrolysis) is 1. The van der Waals surface area contributed by atoms with Crippen LogP contribution < -0.4 is 5.32 Å². The topological polar surface area (TPSA) is 77.4 Å². The SMILES string of the molecule is CC(C)(C)OC(=O)NCc1cc2c(F)c(F)c(Br)cc2n1S(=O)(=O)c1ccccc1. The average Bonchev–Trinajstić information content (AvgIpc) is 3.03. The van der Waals surface area contributed by atoms with E-state index in [1.165, 1.54) is 24.3 Å². The van der Waals surface area contributed by atoms with Crippen LogP contribution in [0.1, 0.15) is 26.5 Å². The van der Waals surface area contributed by atoms with E-state index < -0.39 is 33.4 Å². The monoisotopic (exact) mass is 500 g/mol. The molecular weight excluding hydrogens is 482 g/mol. The highest BCUT2D eigenvalue weighted by atomic mass is 79.9. The van der Waals surface area contributed by atoms with E-state index in [0.717, 1.165) is 3.97 Å². The largest absolute Gasteiger partial charge is 0.444 e. The first-order chi connectivity index (χ1) is 13.9. The van der Waals surface area contributed by atoms with Gasteiger partial charge in [-0.25, -0.2) is 26.0 Å². The van der Waals surface area contributed by atoms with Crippen molar-refractivity contribution in [2.45, 2.75) is 37.8 Å². The van der Waals surface area contributed by atoms with E-state index in [-0.39, 0.29) is 32.5 Å². The van der Waals surface area contributed by atoms with Crippen molar-refractivity contribution in [3.05, 3.63) is 64.3 Å². The Hall–Kier alpha value is -2.46. The molecule has 2 aromatic carbocycles. The van der Waals surface area contributed by atoms with Crippen LogP contribution in [0.25, 0.3) is 10.9 Å². The zero-order chi connectivity index (χ0) is 22.3. The lowest BCUT2D eigenvalue weighted by atomic mass is 10.2. The number of halogens is 3. The molecule has 1 amide bonds. The minimum absolute atomic E-state index is 0.0381. The molecule has 0 atom stereocenters. The van der Waals surface area contributed by atoms with Crippen LogP contribution in [-0.4, -0.2) is 24.1 Å². The summed E-state index contributed by atoms with van der Waals surface area (Å²) in [6.45, 7) is 4.76. The summed E-state index contributed by atoms with van der Waals surface area (Å²) in [7, 11) is -4.17. The van der Waals surface area contributed by atoms with E-state index in [1.807, 2.05) is 0 Å². The fourth-order valence-corrected chi connectivity index (χ4v) is 4.80. The van der Waals surface area contributed by atoms with Crippen molar-refractivity contribution < 1.29 is 26.7 Å². The van der Waals surface area contributed by atoms with Crippen molar-refractivity contribution >= 4 is 42.9 Å². The molecule has 3 rings (SSSR count). The molecule has 0 radical (unpaired) electrons. The second kappa shape index (κ2) is 7.99. The fourth-order valence-electron chi connectivity index (χ4n) is 2.86. The maximum Gasteiger partial charge on any atom is 0.407 e. The number of nitrogens with one attached hydrogen (secondary N) is 1. The summed E-state index contributed by atoms with van der Waals surface area (Å²) in [4.78, 5) is 12.0. The third kappa shape index (κ3) is 4.34. The minimum atomic E-state index is -4.17. The summed E-state index contributed by atoms with van der Waals surface area (Å²) < 4.78 is 61.0. The Kier molecular flexibility index (Phi) is 5.92. The zero-order valence-corrected chi connectivity index (χ0v) is 18.8. The number of ether oxygens (including phenoxy) is 1. The molecule has 30 heavy (non-hydrogen) atoms. The molecule has 1 N–H and O–H groups in total. The summed E-state index contributed by atoms with van der Waals surface area (Å²) in [5.41, 5.74) is -0.783. The minimum Gasteiger partial charge on any atom is -0.444 e. The molecule has 160 valence electrons. The lowest BCUT2D eigenvalue weighted by Crippen LogP contribution is -2.33. The van der Waals surface area contributed by atoms with Crippen molar-refractivity contribution in [3.8, 4) is 0 Å². The Balaban J connectivity index is 2.16. The van der Waals surface area contributed by atoms with Crippen LogP contribution >= 0.6 is 15.9 Å². The highest BCUT2D eigenvalue weighted by Gasteiger charge is 2.27. The first kappa shape index (κ1) is 22.2. The highest BCUT2D eigenvalue weighted by Crippen LogP contribution is 2.32. The van der Waals surface area contributed by atoms with Crippen molar-refractivity contribution in [2.75, 3.05) is 0 Å². The number of fused-ring (bicyclic) bond motifs is 1. The molecule has 0 fully saturated rings. The van der Waals surface area contributed by atoms with Gasteiger partial charge in [0.25, 0.3) is 10.0 Å². The Morgan fingerprint density at radius 2 is 1.77 bits per heavy atom. The highest BCUT2D eigenvalue weighted by molar-refractivity contribution is 9.10. The molecule has 0 unspecified atom stereocenters. The summed E-state index contributed by atoms with van der Waals surface area (Å²) in [6, 6.07) is 9.91. The normalized spacial score (nSPS) is 12.2. The van der Waals surface area contributed by atoms with Crippen LogP contribution in [0.3, 0.4) is 0 Å². The lowest BCUT2D eigenvalue weighted by molar-refractivity contribution is 0.0522. The third-order valence-electron chi connectivity index (χ3n) is 4.06. The second-order valence-electron chi connectivity index (χ2n) is 7.49. The molecule has 1 aromatic heterocycles. The Morgan fingerprint density at radius 1 is 1.13 bits per heavy atom. The fraction of sp³-hybridized carbons (Fsp3) is 0.250. The van der Waals surface area contributed by atoms with Gasteiger partial charge in [-0.3, -0.25) is 0 Å². The molecule has 0 aliphatic rings. The second-order valence-corrected chi connectivity index (χ2v) is 10.1. The van der Waals surface area contributed by atoms with Crippen LogP contribution in [0.5, 0.6) is 0 Å². The predicted octanol–water partition coefficient (Wildman–Crippen LogP) is 4.94. The summed E-state index contributed by atoms with van der Waals surface area (Å²) >= 11 is 2.92. The van der Waals surface area contributed by atoms with Gasteiger partial charge in [-0.2, -0.15) is 0 Å². The lowest BCUT2D eigenvalue weighted by Gasteiger charge is -2.20.